The minimum Gasteiger partial charge on any atom is -0.399 e. The molecule has 0 unspecified atom stereocenters. The van der Waals surface area contributed by atoms with Crippen LogP contribution in [0, 0.1) is 13.8 Å². The van der Waals surface area contributed by atoms with E-state index < -0.39 is 0 Å². The molecule has 128 valence electrons. The molecule has 0 aliphatic rings. The number of aryl methyl sites for hydroxylation is 2. The van der Waals surface area contributed by atoms with Crippen molar-refractivity contribution >= 4 is 5.69 Å². The zero-order valence-corrected chi connectivity index (χ0v) is 15.0. The summed E-state index contributed by atoms with van der Waals surface area (Å²) >= 11 is 0. The highest BCUT2D eigenvalue weighted by molar-refractivity contribution is 5.71. The standard InChI is InChI=1S/C23H21N3/c1-16-9-10-17(2)26(16)23-8-4-7-22(25-23)19-13-11-18(12-14-19)20-5-3-6-21(24)15-20/h3-15H,24H2,1-2H3. The molecular formula is C23H21N3. The van der Waals surface area contributed by atoms with Crippen molar-refractivity contribution in [1.82, 2.24) is 9.55 Å². The first-order valence-corrected chi connectivity index (χ1v) is 8.70. The Labute approximate surface area is 153 Å². The Balaban J connectivity index is 1.69. The van der Waals surface area contributed by atoms with E-state index >= 15 is 0 Å². The van der Waals surface area contributed by atoms with Crippen molar-refractivity contribution in [3.63, 3.8) is 0 Å². The summed E-state index contributed by atoms with van der Waals surface area (Å²) in [6.07, 6.45) is 0. The van der Waals surface area contributed by atoms with Gasteiger partial charge in [-0.2, -0.15) is 0 Å². The van der Waals surface area contributed by atoms with E-state index in [0.29, 0.717) is 0 Å². The van der Waals surface area contributed by atoms with Gasteiger partial charge in [0.2, 0.25) is 0 Å². The SMILES string of the molecule is Cc1ccc(C)n1-c1cccc(-c2ccc(-c3cccc(N)c3)cc2)n1. The highest BCUT2D eigenvalue weighted by Gasteiger charge is 2.07. The zero-order valence-electron chi connectivity index (χ0n) is 15.0. The molecule has 0 saturated heterocycles. The molecule has 2 N–H and O–H groups in total. The highest BCUT2D eigenvalue weighted by atomic mass is 15.1. The Morgan fingerprint density at radius 3 is 2.04 bits per heavy atom. The lowest BCUT2D eigenvalue weighted by molar-refractivity contribution is 0.924. The van der Waals surface area contributed by atoms with Gasteiger partial charge in [-0.15, -0.1) is 0 Å². The van der Waals surface area contributed by atoms with Gasteiger partial charge in [-0.3, -0.25) is 0 Å². The molecule has 2 aromatic carbocycles. The molecule has 0 amide bonds. The number of nitrogen functional groups attached to an aromatic ring is 1. The van der Waals surface area contributed by atoms with E-state index in [9.17, 15) is 0 Å². The number of nitrogens with two attached hydrogens (primary N) is 1. The lowest BCUT2D eigenvalue weighted by Crippen LogP contribution is -2.02. The molecule has 0 radical (unpaired) electrons. The first-order valence-electron chi connectivity index (χ1n) is 8.70. The van der Waals surface area contributed by atoms with Gasteiger partial charge in [0, 0.05) is 22.6 Å². The van der Waals surface area contributed by atoms with Gasteiger partial charge in [0.25, 0.3) is 0 Å². The summed E-state index contributed by atoms with van der Waals surface area (Å²) in [6.45, 7) is 4.20. The summed E-state index contributed by atoms with van der Waals surface area (Å²) in [7, 11) is 0. The molecule has 0 aliphatic heterocycles. The molecule has 4 rings (SSSR count). The minimum atomic E-state index is 0.776. The monoisotopic (exact) mass is 339 g/mol. The summed E-state index contributed by atoms with van der Waals surface area (Å²) in [5.41, 5.74) is 13.4. The number of aromatic nitrogens is 2. The number of hydrogen-bond donors (Lipinski definition) is 1. The van der Waals surface area contributed by atoms with E-state index in [0.717, 1.165) is 33.9 Å². The van der Waals surface area contributed by atoms with E-state index in [-0.39, 0.29) is 0 Å². The van der Waals surface area contributed by atoms with Crippen molar-refractivity contribution in [2.24, 2.45) is 0 Å². The summed E-state index contributed by atoms with van der Waals surface area (Å²) in [5, 5.41) is 0. The molecule has 2 aromatic heterocycles. The average Bonchev–Trinajstić information content (AvgIpc) is 3.00. The Morgan fingerprint density at radius 1 is 0.692 bits per heavy atom. The lowest BCUT2D eigenvalue weighted by atomic mass is 10.0. The third-order valence-corrected chi connectivity index (χ3v) is 4.64. The van der Waals surface area contributed by atoms with Crippen LogP contribution in [0.25, 0.3) is 28.2 Å². The Morgan fingerprint density at radius 2 is 1.35 bits per heavy atom. The van der Waals surface area contributed by atoms with Gasteiger partial charge in [0.1, 0.15) is 5.82 Å². The number of hydrogen-bond acceptors (Lipinski definition) is 2. The van der Waals surface area contributed by atoms with E-state index in [2.05, 4.69) is 66.9 Å². The van der Waals surface area contributed by atoms with Gasteiger partial charge in [-0.05, 0) is 61.4 Å². The van der Waals surface area contributed by atoms with Crippen molar-refractivity contribution in [2.45, 2.75) is 13.8 Å². The number of anilines is 1. The fourth-order valence-electron chi connectivity index (χ4n) is 3.29. The zero-order chi connectivity index (χ0) is 18.1. The minimum absolute atomic E-state index is 0.776. The van der Waals surface area contributed by atoms with Crippen molar-refractivity contribution in [1.29, 1.82) is 0 Å². The second-order valence-corrected chi connectivity index (χ2v) is 6.54. The second-order valence-electron chi connectivity index (χ2n) is 6.54. The van der Waals surface area contributed by atoms with Crippen LogP contribution in [0.5, 0.6) is 0 Å². The average molecular weight is 339 g/mol. The van der Waals surface area contributed by atoms with Crippen LogP contribution in [0.3, 0.4) is 0 Å². The molecule has 0 fully saturated rings. The van der Waals surface area contributed by atoms with E-state index in [1.165, 1.54) is 11.4 Å². The van der Waals surface area contributed by atoms with Crippen molar-refractivity contribution in [3.05, 3.63) is 90.3 Å². The number of nitrogens with zero attached hydrogens (tertiary/aromatic N) is 2. The van der Waals surface area contributed by atoms with Gasteiger partial charge >= 0.3 is 0 Å². The third kappa shape index (κ3) is 3.00. The van der Waals surface area contributed by atoms with Crippen LogP contribution < -0.4 is 5.73 Å². The predicted octanol–water partition coefficient (Wildman–Crippen LogP) is 5.41. The molecule has 0 saturated carbocycles. The van der Waals surface area contributed by atoms with Crippen LogP contribution >= 0.6 is 0 Å². The van der Waals surface area contributed by atoms with Crippen LogP contribution in [0.4, 0.5) is 5.69 Å². The van der Waals surface area contributed by atoms with Gasteiger partial charge in [-0.25, -0.2) is 4.98 Å². The molecule has 0 atom stereocenters. The van der Waals surface area contributed by atoms with Gasteiger partial charge in [0.15, 0.2) is 0 Å². The maximum atomic E-state index is 5.89. The maximum absolute atomic E-state index is 5.89. The van der Waals surface area contributed by atoms with Crippen LogP contribution in [0.1, 0.15) is 11.4 Å². The molecule has 4 aromatic rings. The van der Waals surface area contributed by atoms with Gasteiger partial charge in [-0.1, -0.05) is 42.5 Å². The van der Waals surface area contributed by atoms with Crippen molar-refractivity contribution in [2.75, 3.05) is 5.73 Å². The first-order chi connectivity index (χ1) is 12.6. The van der Waals surface area contributed by atoms with Crippen LogP contribution in [0.2, 0.25) is 0 Å². The number of rotatable bonds is 3. The Hall–Kier alpha value is -3.33. The molecule has 2 heterocycles. The quantitative estimate of drug-likeness (QED) is 0.508. The molecule has 3 nitrogen and oxygen atoms in total. The lowest BCUT2D eigenvalue weighted by Gasteiger charge is -2.10. The smallest absolute Gasteiger partial charge is 0.137 e. The summed E-state index contributed by atoms with van der Waals surface area (Å²) in [4.78, 5) is 4.87. The predicted molar refractivity (Wildman–Crippen MR) is 108 cm³/mol. The van der Waals surface area contributed by atoms with Gasteiger partial charge in [0.05, 0.1) is 5.69 Å². The highest BCUT2D eigenvalue weighted by Crippen LogP contribution is 2.26. The van der Waals surface area contributed by atoms with E-state index in [1.54, 1.807) is 0 Å². The fourth-order valence-corrected chi connectivity index (χ4v) is 3.29. The summed E-state index contributed by atoms with van der Waals surface area (Å²) in [6, 6.07) is 26.8. The van der Waals surface area contributed by atoms with E-state index in [4.69, 9.17) is 10.7 Å². The third-order valence-electron chi connectivity index (χ3n) is 4.64. The molecule has 0 bridgehead atoms. The van der Waals surface area contributed by atoms with E-state index in [1.807, 2.05) is 30.3 Å². The van der Waals surface area contributed by atoms with Crippen LogP contribution in [0.15, 0.2) is 78.9 Å². The second kappa shape index (κ2) is 6.52. The molecular weight excluding hydrogens is 318 g/mol. The maximum Gasteiger partial charge on any atom is 0.137 e. The Bertz CT molecular complexity index is 1040. The summed E-state index contributed by atoms with van der Waals surface area (Å²) in [5.74, 6) is 0.947. The Kier molecular flexibility index (Phi) is 4.05. The molecule has 0 aliphatic carbocycles. The molecule has 26 heavy (non-hydrogen) atoms. The molecule has 3 heteroatoms. The number of benzene rings is 2. The van der Waals surface area contributed by atoms with Crippen LogP contribution in [-0.2, 0) is 0 Å². The largest absolute Gasteiger partial charge is 0.399 e. The van der Waals surface area contributed by atoms with Gasteiger partial charge < -0.3 is 10.3 Å². The normalized spacial score (nSPS) is 10.8. The van der Waals surface area contributed by atoms with Crippen molar-refractivity contribution in [3.8, 4) is 28.2 Å². The van der Waals surface area contributed by atoms with Crippen molar-refractivity contribution < 1.29 is 0 Å². The first kappa shape index (κ1) is 16.2. The number of pyridine rings is 1. The van der Waals surface area contributed by atoms with Crippen LogP contribution in [-0.4, -0.2) is 9.55 Å². The molecule has 0 spiro atoms. The summed E-state index contributed by atoms with van der Waals surface area (Å²) < 4.78 is 2.17. The fraction of sp³-hybridized carbons (Fsp3) is 0.0870. The topological polar surface area (TPSA) is 43.8 Å².